The largest absolute Gasteiger partial charge is 0.508 e. The van der Waals surface area contributed by atoms with Crippen LogP contribution in [0.2, 0.25) is 0 Å². The van der Waals surface area contributed by atoms with Gasteiger partial charge in [-0.15, -0.1) is 0 Å². The van der Waals surface area contributed by atoms with Gasteiger partial charge >= 0.3 is 0 Å². The van der Waals surface area contributed by atoms with Gasteiger partial charge in [-0.1, -0.05) is 6.07 Å². The van der Waals surface area contributed by atoms with Gasteiger partial charge in [-0.3, -0.25) is 0 Å². The van der Waals surface area contributed by atoms with Crippen molar-refractivity contribution in [1.82, 2.24) is 4.31 Å². The van der Waals surface area contributed by atoms with Gasteiger partial charge in [0.05, 0.1) is 0 Å². The standard InChI is InChI=1S/C10H13NOS/c12-9-4-3-5-10(8-9)13-11-6-1-2-7-11/h3-5,8,12H,1-2,6-7H2. The topological polar surface area (TPSA) is 23.5 Å². The molecule has 0 aliphatic carbocycles. The van der Waals surface area contributed by atoms with Gasteiger partial charge in [0, 0.05) is 18.0 Å². The first kappa shape index (κ1) is 8.91. The number of phenolic OH excluding ortho intramolecular Hbond substituents is 1. The van der Waals surface area contributed by atoms with E-state index in [9.17, 15) is 5.11 Å². The zero-order valence-electron chi connectivity index (χ0n) is 7.44. The number of hydrogen-bond donors (Lipinski definition) is 1. The van der Waals surface area contributed by atoms with Gasteiger partial charge in [-0.05, 0) is 43.0 Å². The second-order valence-corrected chi connectivity index (χ2v) is 4.40. The zero-order chi connectivity index (χ0) is 9.10. The van der Waals surface area contributed by atoms with Gasteiger partial charge in [-0.2, -0.15) is 0 Å². The molecule has 1 heterocycles. The predicted molar refractivity (Wildman–Crippen MR) is 54.8 cm³/mol. The minimum Gasteiger partial charge on any atom is -0.508 e. The van der Waals surface area contributed by atoms with E-state index in [1.165, 1.54) is 25.9 Å². The Morgan fingerprint density at radius 3 is 2.69 bits per heavy atom. The van der Waals surface area contributed by atoms with Crippen molar-refractivity contribution in [1.29, 1.82) is 0 Å². The molecule has 0 radical (unpaired) electrons. The van der Waals surface area contributed by atoms with Crippen LogP contribution in [-0.2, 0) is 0 Å². The van der Waals surface area contributed by atoms with Crippen molar-refractivity contribution in [2.24, 2.45) is 0 Å². The number of phenols is 1. The Kier molecular flexibility index (Phi) is 2.76. The van der Waals surface area contributed by atoms with Crippen LogP contribution in [0.1, 0.15) is 12.8 Å². The molecule has 0 bridgehead atoms. The molecule has 3 heteroatoms. The highest BCUT2D eigenvalue weighted by molar-refractivity contribution is 7.97. The normalized spacial score (nSPS) is 17.8. The molecular weight excluding hydrogens is 182 g/mol. The number of rotatable bonds is 2. The van der Waals surface area contributed by atoms with E-state index in [1.807, 2.05) is 18.2 Å². The maximum Gasteiger partial charge on any atom is 0.116 e. The number of benzene rings is 1. The minimum absolute atomic E-state index is 0.351. The molecule has 13 heavy (non-hydrogen) atoms. The number of hydrogen-bond acceptors (Lipinski definition) is 3. The lowest BCUT2D eigenvalue weighted by Gasteiger charge is -2.12. The Bertz CT molecular complexity index is 284. The lowest BCUT2D eigenvalue weighted by molar-refractivity contribution is 0.473. The summed E-state index contributed by atoms with van der Waals surface area (Å²) >= 11 is 1.74. The van der Waals surface area contributed by atoms with Crippen molar-refractivity contribution in [2.45, 2.75) is 17.7 Å². The first-order chi connectivity index (χ1) is 6.34. The third-order valence-electron chi connectivity index (χ3n) is 2.12. The van der Waals surface area contributed by atoms with E-state index in [-0.39, 0.29) is 0 Å². The molecule has 1 N–H and O–H groups in total. The molecule has 0 saturated carbocycles. The molecule has 1 aliphatic rings. The third-order valence-corrected chi connectivity index (χ3v) is 3.21. The molecule has 2 rings (SSSR count). The molecule has 70 valence electrons. The van der Waals surface area contributed by atoms with Crippen molar-refractivity contribution in [3.8, 4) is 5.75 Å². The molecule has 1 fully saturated rings. The van der Waals surface area contributed by atoms with E-state index < -0.39 is 0 Å². The second kappa shape index (κ2) is 4.03. The second-order valence-electron chi connectivity index (χ2n) is 3.22. The summed E-state index contributed by atoms with van der Waals surface area (Å²) in [4.78, 5) is 1.13. The summed E-state index contributed by atoms with van der Waals surface area (Å²) in [6.45, 7) is 2.33. The van der Waals surface area contributed by atoms with Crippen LogP contribution < -0.4 is 0 Å². The smallest absolute Gasteiger partial charge is 0.116 e. The predicted octanol–water partition coefficient (Wildman–Crippen LogP) is 2.50. The Hall–Kier alpha value is -0.670. The van der Waals surface area contributed by atoms with E-state index in [0.717, 1.165) is 4.90 Å². The van der Waals surface area contributed by atoms with Crippen LogP contribution in [0.15, 0.2) is 29.2 Å². The van der Waals surface area contributed by atoms with E-state index in [1.54, 1.807) is 18.0 Å². The van der Waals surface area contributed by atoms with Gasteiger partial charge in [0.1, 0.15) is 5.75 Å². The lowest BCUT2D eigenvalue weighted by atomic mass is 10.3. The molecule has 0 unspecified atom stereocenters. The first-order valence-corrected chi connectivity index (χ1v) is 5.34. The summed E-state index contributed by atoms with van der Waals surface area (Å²) in [6, 6.07) is 7.42. The van der Waals surface area contributed by atoms with Gasteiger partial charge in [0.25, 0.3) is 0 Å². The van der Waals surface area contributed by atoms with Gasteiger partial charge < -0.3 is 5.11 Å². The Morgan fingerprint density at radius 2 is 2.00 bits per heavy atom. The summed E-state index contributed by atoms with van der Waals surface area (Å²) in [5.41, 5.74) is 0. The number of aromatic hydroxyl groups is 1. The number of nitrogens with zero attached hydrogens (tertiary/aromatic N) is 1. The fourth-order valence-corrected chi connectivity index (χ4v) is 2.52. The molecule has 2 nitrogen and oxygen atoms in total. The van der Waals surface area contributed by atoms with Gasteiger partial charge in [0.2, 0.25) is 0 Å². The fourth-order valence-electron chi connectivity index (χ4n) is 1.47. The monoisotopic (exact) mass is 195 g/mol. The van der Waals surface area contributed by atoms with Crippen molar-refractivity contribution in [2.75, 3.05) is 13.1 Å². The SMILES string of the molecule is Oc1cccc(SN2CCCC2)c1. The van der Waals surface area contributed by atoms with Crippen LogP contribution in [-0.4, -0.2) is 22.5 Å². The molecule has 1 saturated heterocycles. The molecule has 1 aliphatic heterocycles. The average Bonchev–Trinajstić information content (AvgIpc) is 2.57. The van der Waals surface area contributed by atoms with Crippen molar-refractivity contribution >= 4 is 11.9 Å². The Balaban J connectivity index is 2.00. The lowest BCUT2D eigenvalue weighted by Crippen LogP contribution is -2.08. The van der Waals surface area contributed by atoms with E-state index in [4.69, 9.17) is 0 Å². The Labute approximate surface area is 82.7 Å². The Morgan fingerprint density at radius 1 is 1.23 bits per heavy atom. The zero-order valence-corrected chi connectivity index (χ0v) is 8.26. The minimum atomic E-state index is 0.351. The van der Waals surface area contributed by atoms with Gasteiger partial charge in [0.15, 0.2) is 0 Å². The molecule has 0 amide bonds. The molecule has 0 aromatic heterocycles. The van der Waals surface area contributed by atoms with Gasteiger partial charge in [-0.25, -0.2) is 4.31 Å². The summed E-state index contributed by atoms with van der Waals surface area (Å²) in [5, 5.41) is 9.26. The average molecular weight is 195 g/mol. The van der Waals surface area contributed by atoms with Crippen LogP contribution in [0.5, 0.6) is 5.75 Å². The molecular formula is C10H13NOS. The summed E-state index contributed by atoms with van der Waals surface area (Å²) < 4.78 is 2.34. The van der Waals surface area contributed by atoms with Crippen LogP contribution in [0.25, 0.3) is 0 Å². The van der Waals surface area contributed by atoms with E-state index >= 15 is 0 Å². The van der Waals surface area contributed by atoms with E-state index in [2.05, 4.69) is 4.31 Å². The highest BCUT2D eigenvalue weighted by atomic mass is 32.2. The van der Waals surface area contributed by atoms with Crippen LogP contribution >= 0.6 is 11.9 Å². The van der Waals surface area contributed by atoms with Crippen molar-refractivity contribution in [3.63, 3.8) is 0 Å². The maximum absolute atomic E-state index is 9.26. The van der Waals surface area contributed by atoms with Crippen molar-refractivity contribution < 1.29 is 5.11 Å². The first-order valence-electron chi connectivity index (χ1n) is 4.56. The summed E-state index contributed by atoms with van der Waals surface area (Å²) in [6.07, 6.45) is 2.59. The van der Waals surface area contributed by atoms with Crippen LogP contribution in [0, 0.1) is 0 Å². The third kappa shape index (κ3) is 2.39. The molecule has 0 atom stereocenters. The quantitative estimate of drug-likeness (QED) is 0.733. The summed E-state index contributed by atoms with van der Waals surface area (Å²) in [5.74, 6) is 0.351. The highest BCUT2D eigenvalue weighted by Gasteiger charge is 2.12. The summed E-state index contributed by atoms with van der Waals surface area (Å²) in [7, 11) is 0. The fraction of sp³-hybridized carbons (Fsp3) is 0.400. The molecule has 1 aromatic carbocycles. The van der Waals surface area contributed by atoms with Crippen molar-refractivity contribution in [3.05, 3.63) is 24.3 Å². The highest BCUT2D eigenvalue weighted by Crippen LogP contribution is 2.28. The maximum atomic E-state index is 9.26. The van der Waals surface area contributed by atoms with E-state index in [0.29, 0.717) is 5.75 Å². The molecule has 1 aromatic rings. The van der Waals surface area contributed by atoms with Crippen LogP contribution in [0.3, 0.4) is 0 Å². The van der Waals surface area contributed by atoms with Crippen LogP contribution in [0.4, 0.5) is 0 Å². The molecule has 0 spiro atoms.